The van der Waals surface area contributed by atoms with E-state index in [2.05, 4.69) is 17.0 Å². The second-order valence-corrected chi connectivity index (χ2v) is 11.5. The predicted octanol–water partition coefficient (Wildman–Crippen LogP) is 3.95. The van der Waals surface area contributed by atoms with Gasteiger partial charge in [-0.2, -0.15) is 4.31 Å². The third-order valence-electron chi connectivity index (χ3n) is 6.27. The fourth-order valence-corrected chi connectivity index (χ4v) is 6.91. The van der Waals surface area contributed by atoms with Gasteiger partial charge in [0.25, 0.3) is 5.91 Å². The molecule has 0 bridgehead atoms. The van der Waals surface area contributed by atoms with E-state index in [1.807, 2.05) is 42.5 Å². The highest BCUT2D eigenvalue weighted by molar-refractivity contribution is 7.99. The van der Waals surface area contributed by atoms with E-state index < -0.39 is 10.0 Å². The molecule has 0 aromatic heterocycles. The molecule has 1 saturated heterocycles. The van der Waals surface area contributed by atoms with Crippen LogP contribution >= 0.6 is 11.8 Å². The first-order chi connectivity index (χ1) is 16.5. The third kappa shape index (κ3) is 4.77. The molecule has 5 rings (SSSR count). The van der Waals surface area contributed by atoms with E-state index in [4.69, 9.17) is 0 Å². The van der Waals surface area contributed by atoms with Gasteiger partial charge in [-0.3, -0.25) is 9.69 Å². The van der Waals surface area contributed by atoms with Gasteiger partial charge in [-0.1, -0.05) is 48.5 Å². The highest BCUT2D eigenvalue weighted by Gasteiger charge is 2.30. The van der Waals surface area contributed by atoms with E-state index in [-0.39, 0.29) is 10.8 Å². The third-order valence-corrected chi connectivity index (χ3v) is 9.21. The molecule has 0 spiro atoms. The van der Waals surface area contributed by atoms with E-state index in [1.54, 1.807) is 34.9 Å². The lowest BCUT2D eigenvalue weighted by Gasteiger charge is -2.34. The van der Waals surface area contributed by atoms with Gasteiger partial charge in [0.2, 0.25) is 10.0 Å². The molecule has 8 heteroatoms. The average molecular weight is 494 g/mol. The first-order valence-corrected chi connectivity index (χ1v) is 13.9. The van der Waals surface area contributed by atoms with Crippen LogP contribution in [0.2, 0.25) is 0 Å². The molecule has 34 heavy (non-hydrogen) atoms. The van der Waals surface area contributed by atoms with Crippen molar-refractivity contribution in [2.75, 3.05) is 43.4 Å². The Kier molecular flexibility index (Phi) is 6.74. The van der Waals surface area contributed by atoms with Crippen LogP contribution in [-0.4, -0.2) is 62.0 Å². The highest BCUT2D eigenvalue weighted by Crippen LogP contribution is 2.35. The number of piperazine rings is 1. The van der Waals surface area contributed by atoms with Crippen LogP contribution in [0, 0.1) is 0 Å². The number of fused-ring (bicyclic) bond motifs is 1. The van der Waals surface area contributed by atoms with Crippen LogP contribution in [0.3, 0.4) is 0 Å². The molecule has 3 aromatic rings. The number of carbonyl (C=O) groups excluding carboxylic acids is 1. The number of anilines is 1. The standard InChI is InChI=1S/C26H27N3O3S2/c30-26(29-17-18-33-25-12-5-4-11-24(25)29)22-9-6-10-23(19-22)34(31,32)28-15-13-27(14-16-28)20-21-7-2-1-3-8-21/h1-12,19H,13-18,20H2. The molecule has 3 aromatic carbocycles. The number of nitrogens with zero attached hydrogens (tertiary/aromatic N) is 3. The van der Waals surface area contributed by atoms with Crippen molar-refractivity contribution in [3.05, 3.63) is 90.0 Å². The zero-order chi connectivity index (χ0) is 23.5. The zero-order valence-corrected chi connectivity index (χ0v) is 20.5. The van der Waals surface area contributed by atoms with Gasteiger partial charge in [0.1, 0.15) is 0 Å². The van der Waals surface area contributed by atoms with Crippen molar-refractivity contribution in [3.63, 3.8) is 0 Å². The molecule has 2 aliphatic heterocycles. The van der Waals surface area contributed by atoms with Crippen LogP contribution in [0.4, 0.5) is 5.69 Å². The van der Waals surface area contributed by atoms with Crippen LogP contribution in [0.5, 0.6) is 0 Å². The first-order valence-electron chi connectivity index (χ1n) is 11.4. The second-order valence-electron chi connectivity index (χ2n) is 8.47. The summed E-state index contributed by atoms with van der Waals surface area (Å²) in [5.41, 5.74) is 2.50. The number of benzene rings is 3. The Bertz CT molecular complexity index is 1270. The maximum absolute atomic E-state index is 13.4. The van der Waals surface area contributed by atoms with Crippen molar-refractivity contribution >= 4 is 33.4 Å². The number of thioether (sulfide) groups is 1. The number of amides is 1. The van der Waals surface area contributed by atoms with Crippen LogP contribution in [0.1, 0.15) is 15.9 Å². The predicted molar refractivity (Wildman–Crippen MR) is 136 cm³/mol. The number of hydrogen-bond acceptors (Lipinski definition) is 5. The van der Waals surface area contributed by atoms with Crippen molar-refractivity contribution in [1.29, 1.82) is 0 Å². The minimum absolute atomic E-state index is 0.169. The van der Waals surface area contributed by atoms with Gasteiger partial charge >= 0.3 is 0 Å². The lowest BCUT2D eigenvalue weighted by Crippen LogP contribution is -2.48. The molecule has 1 fully saturated rings. The van der Waals surface area contributed by atoms with Crippen molar-refractivity contribution < 1.29 is 13.2 Å². The molecule has 0 aliphatic carbocycles. The molecule has 0 radical (unpaired) electrons. The zero-order valence-electron chi connectivity index (χ0n) is 18.8. The Labute approximate surface area is 205 Å². The lowest BCUT2D eigenvalue weighted by molar-refractivity contribution is 0.0987. The van der Waals surface area contributed by atoms with Gasteiger partial charge in [0, 0.05) is 55.5 Å². The van der Waals surface area contributed by atoms with Crippen LogP contribution in [0.15, 0.2) is 88.7 Å². The summed E-state index contributed by atoms with van der Waals surface area (Å²) in [4.78, 5) is 18.6. The summed E-state index contributed by atoms with van der Waals surface area (Å²) < 4.78 is 28.3. The number of rotatable bonds is 5. The van der Waals surface area contributed by atoms with Crippen molar-refractivity contribution in [1.82, 2.24) is 9.21 Å². The molecular weight excluding hydrogens is 466 g/mol. The number of para-hydroxylation sites is 1. The summed E-state index contributed by atoms with van der Waals surface area (Å²) in [5.74, 6) is 0.644. The van der Waals surface area contributed by atoms with Crippen LogP contribution in [0.25, 0.3) is 0 Å². The molecule has 2 heterocycles. The highest BCUT2D eigenvalue weighted by atomic mass is 32.2. The maximum atomic E-state index is 13.4. The largest absolute Gasteiger partial charge is 0.306 e. The van der Waals surface area contributed by atoms with E-state index in [1.165, 1.54) is 15.9 Å². The first kappa shape index (κ1) is 23.1. The Hall–Kier alpha value is -2.65. The Morgan fingerprint density at radius 1 is 0.824 bits per heavy atom. The number of carbonyl (C=O) groups is 1. The number of sulfonamides is 1. The summed E-state index contributed by atoms with van der Waals surface area (Å²) in [5, 5.41) is 0. The summed E-state index contributed by atoms with van der Waals surface area (Å²) in [6.45, 7) is 3.63. The summed E-state index contributed by atoms with van der Waals surface area (Å²) in [6.07, 6.45) is 0. The van der Waals surface area contributed by atoms with Gasteiger partial charge < -0.3 is 4.90 Å². The van der Waals surface area contributed by atoms with Crippen LogP contribution in [-0.2, 0) is 16.6 Å². The van der Waals surface area contributed by atoms with Gasteiger partial charge in [-0.25, -0.2) is 8.42 Å². The van der Waals surface area contributed by atoms with Gasteiger partial charge in [-0.15, -0.1) is 11.8 Å². The summed E-state index contributed by atoms with van der Waals surface area (Å²) in [7, 11) is -3.67. The molecule has 0 saturated carbocycles. The fraction of sp³-hybridized carbons (Fsp3) is 0.269. The Morgan fingerprint density at radius 2 is 1.56 bits per heavy atom. The van der Waals surface area contributed by atoms with Crippen molar-refractivity contribution in [2.45, 2.75) is 16.3 Å². The van der Waals surface area contributed by atoms with E-state index in [0.29, 0.717) is 38.3 Å². The van der Waals surface area contributed by atoms with Crippen molar-refractivity contribution in [3.8, 4) is 0 Å². The second kappa shape index (κ2) is 9.92. The lowest BCUT2D eigenvalue weighted by atomic mass is 10.1. The Balaban J connectivity index is 1.30. The molecule has 176 valence electrons. The SMILES string of the molecule is O=C(c1cccc(S(=O)(=O)N2CCN(Cc3ccccc3)CC2)c1)N1CCSc2ccccc21. The molecule has 2 aliphatic rings. The van der Waals surface area contributed by atoms with Crippen molar-refractivity contribution in [2.24, 2.45) is 0 Å². The molecule has 1 amide bonds. The van der Waals surface area contributed by atoms with Gasteiger partial charge in [-0.05, 0) is 35.9 Å². The van der Waals surface area contributed by atoms with E-state index >= 15 is 0 Å². The summed E-state index contributed by atoms with van der Waals surface area (Å²) in [6, 6.07) is 24.5. The molecule has 6 nitrogen and oxygen atoms in total. The topological polar surface area (TPSA) is 60.9 Å². The molecular formula is C26H27N3O3S2. The minimum atomic E-state index is -3.67. The fourth-order valence-electron chi connectivity index (χ4n) is 4.44. The maximum Gasteiger partial charge on any atom is 0.258 e. The monoisotopic (exact) mass is 493 g/mol. The molecule has 0 N–H and O–H groups in total. The summed E-state index contributed by atoms with van der Waals surface area (Å²) >= 11 is 1.73. The molecule has 0 unspecified atom stereocenters. The quantitative estimate of drug-likeness (QED) is 0.539. The average Bonchev–Trinajstić information content (AvgIpc) is 2.89. The normalized spacial score (nSPS) is 17.4. The molecule has 0 atom stereocenters. The van der Waals surface area contributed by atoms with Crippen LogP contribution < -0.4 is 4.90 Å². The Morgan fingerprint density at radius 3 is 2.35 bits per heavy atom. The number of hydrogen-bond donors (Lipinski definition) is 0. The minimum Gasteiger partial charge on any atom is -0.306 e. The van der Waals surface area contributed by atoms with E-state index in [0.717, 1.165) is 22.9 Å². The van der Waals surface area contributed by atoms with Gasteiger partial charge in [0.05, 0.1) is 10.6 Å². The van der Waals surface area contributed by atoms with E-state index in [9.17, 15) is 13.2 Å². The smallest absolute Gasteiger partial charge is 0.258 e. The van der Waals surface area contributed by atoms with Gasteiger partial charge in [0.15, 0.2) is 0 Å².